The number of hydrogen-bond acceptors (Lipinski definition) is 3. The highest BCUT2D eigenvalue weighted by atomic mass is 35.5. The van der Waals surface area contributed by atoms with Crippen molar-refractivity contribution in [3.8, 4) is 0 Å². The Morgan fingerprint density at radius 1 is 1.41 bits per heavy atom. The molecule has 0 aromatic heterocycles. The predicted octanol–water partition coefficient (Wildman–Crippen LogP) is 2.53. The van der Waals surface area contributed by atoms with E-state index in [1.54, 1.807) is 23.1 Å². The van der Waals surface area contributed by atoms with Crippen molar-refractivity contribution < 1.29 is 14.7 Å². The lowest BCUT2D eigenvalue weighted by Gasteiger charge is -2.37. The zero-order valence-electron chi connectivity index (χ0n) is 12.8. The van der Waals surface area contributed by atoms with E-state index in [0.717, 1.165) is 12.8 Å². The Hall–Kier alpha value is -1.59. The highest BCUT2D eigenvalue weighted by molar-refractivity contribution is 6.34. The lowest BCUT2D eigenvalue weighted by Crippen LogP contribution is -2.46. The number of anilines is 1. The van der Waals surface area contributed by atoms with Gasteiger partial charge < -0.3 is 15.3 Å². The van der Waals surface area contributed by atoms with Crippen LogP contribution in [-0.2, 0) is 4.79 Å². The first-order valence-corrected chi connectivity index (χ1v) is 7.79. The van der Waals surface area contributed by atoms with Crippen LogP contribution in [0.4, 0.5) is 5.69 Å². The maximum atomic E-state index is 12.8. The molecule has 5 nitrogen and oxygen atoms in total. The SMILES string of the molecule is CC(=O)Nc1ccc(Cl)c(C(=O)N2CC(CO)CCC2C)c1. The van der Waals surface area contributed by atoms with Gasteiger partial charge in [-0.15, -0.1) is 0 Å². The summed E-state index contributed by atoms with van der Waals surface area (Å²) in [5.74, 6) is -0.257. The molecule has 1 aliphatic rings. The van der Waals surface area contributed by atoms with Gasteiger partial charge in [0.15, 0.2) is 0 Å². The molecule has 2 unspecified atom stereocenters. The summed E-state index contributed by atoms with van der Waals surface area (Å²) in [5.41, 5.74) is 0.918. The van der Waals surface area contributed by atoms with E-state index in [1.807, 2.05) is 6.92 Å². The Morgan fingerprint density at radius 3 is 2.77 bits per heavy atom. The third-order valence-corrected chi connectivity index (χ3v) is 4.35. The van der Waals surface area contributed by atoms with Crippen molar-refractivity contribution in [1.82, 2.24) is 4.90 Å². The molecule has 22 heavy (non-hydrogen) atoms. The molecule has 0 spiro atoms. The highest BCUT2D eigenvalue weighted by Gasteiger charge is 2.30. The maximum Gasteiger partial charge on any atom is 0.255 e. The van der Waals surface area contributed by atoms with Gasteiger partial charge in [0.05, 0.1) is 10.6 Å². The zero-order chi connectivity index (χ0) is 16.3. The summed E-state index contributed by atoms with van der Waals surface area (Å²) in [4.78, 5) is 25.7. The fourth-order valence-electron chi connectivity index (χ4n) is 2.74. The van der Waals surface area contributed by atoms with Gasteiger partial charge in [0, 0.05) is 31.8 Å². The van der Waals surface area contributed by atoms with Crippen molar-refractivity contribution in [2.45, 2.75) is 32.7 Å². The minimum Gasteiger partial charge on any atom is -0.396 e. The molecule has 6 heteroatoms. The predicted molar refractivity (Wildman–Crippen MR) is 86.1 cm³/mol. The van der Waals surface area contributed by atoms with E-state index in [9.17, 15) is 14.7 Å². The number of carbonyl (C=O) groups is 2. The number of rotatable bonds is 3. The monoisotopic (exact) mass is 324 g/mol. The third-order valence-electron chi connectivity index (χ3n) is 4.02. The normalized spacial score (nSPS) is 21.5. The van der Waals surface area contributed by atoms with Gasteiger partial charge in [0.1, 0.15) is 0 Å². The van der Waals surface area contributed by atoms with Crippen LogP contribution in [0.2, 0.25) is 5.02 Å². The number of nitrogens with one attached hydrogen (secondary N) is 1. The molecule has 0 bridgehead atoms. The maximum absolute atomic E-state index is 12.8. The Labute approximate surface area is 135 Å². The van der Waals surface area contributed by atoms with Gasteiger partial charge >= 0.3 is 0 Å². The second-order valence-corrected chi connectivity index (χ2v) is 6.22. The van der Waals surface area contributed by atoms with E-state index in [-0.39, 0.29) is 30.4 Å². The molecular formula is C16H21ClN2O3. The molecular weight excluding hydrogens is 304 g/mol. The molecule has 0 saturated carbocycles. The molecule has 1 heterocycles. The summed E-state index contributed by atoms with van der Waals surface area (Å²) >= 11 is 6.16. The third kappa shape index (κ3) is 3.78. The average molecular weight is 325 g/mol. The van der Waals surface area contributed by atoms with Crippen LogP contribution in [0.1, 0.15) is 37.0 Å². The van der Waals surface area contributed by atoms with E-state index in [2.05, 4.69) is 5.32 Å². The van der Waals surface area contributed by atoms with Crippen molar-refractivity contribution in [3.63, 3.8) is 0 Å². The second kappa shape index (κ2) is 7.11. The van der Waals surface area contributed by atoms with Crippen LogP contribution in [0.5, 0.6) is 0 Å². The Balaban J connectivity index is 2.25. The van der Waals surface area contributed by atoms with Crippen LogP contribution < -0.4 is 5.32 Å². The van der Waals surface area contributed by atoms with Gasteiger partial charge in [-0.1, -0.05) is 11.6 Å². The topological polar surface area (TPSA) is 69.6 Å². The standard InChI is InChI=1S/C16H21ClN2O3/c1-10-3-4-12(9-20)8-19(10)16(22)14-7-13(18-11(2)21)5-6-15(14)17/h5-7,10,12,20H,3-4,8-9H2,1-2H3,(H,18,21). The number of aliphatic hydroxyl groups excluding tert-OH is 1. The molecule has 2 amide bonds. The summed E-state index contributed by atoms with van der Waals surface area (Å²) in [6.45, 7) is 4.01. The summed E-state index contributed by atoms with van der Waals surface area (Å²) in [7, 11) is 0. The lowest BCUT2D eigenvalue weighted by atomic mass is 9.93. The summed E-state index contributed by atoms with van der Waals surface area (Å²) < 4.78 is 0. The number of hydrogen-bond donors (Lipinski definition) is 2. The quantitative estimate of drug-likeness (QED) is 0.897. The van der Waals surface area contributed by atoms with E-state index >= 15 is 0 Å². The molecule has 1 aromatic rings. The van der Waals surface area contributed by atoms with Crippen LogP contribution in [-0.4, -0.2) is 41.0 Å². The van der Waals surface area contributed by atoms with Crippen molar-refractivity contribution in [1.29, 1.82) is 0 Å². The summed E-state index contributed by atoms with van der Waals surface area (Å²) in [6.07, 6.45) is 1.78. The number of amides is 2. The van der Waals surface area contributed by atoms with E-state index in [1.165, 1.54) is 6.92 Å². The smallest absolute Gasteiger partial charge is 0.255 e. The van der Waals surface area contributed by atoms with Crippen molar-refractivity contribution >= 4 is 29.1 Å². The average Bonchev–Trinajstić information content (AvgIpc) is 2.48. The lowest BCUT2D eigenvalue weighted by molar-refractivity contribution is -0.114. The largest absolute Gasteiger partial charge is 0.396 e. The van der Waals surface area contributed by atoms with Gasteiger partial charge in [-0.25, -0.2) is 0 Å². The Morgan fingerprint density at radius 2 is 2.14 bits per heavy atom. The number of carbonyl (C=O) groups excluding carboxylic acids is 2. The van der Waals surface area contributed by atoms with E-state index < -0.39 is 0 Å². The minimum atomic E-state index is -0.201. The molecule has 1 aliphatic heterocycles. The summed E-state index contributed by atoms with van der Waals surface area (Å²) in [5, 5.41) is 12.3. The Bertz CT molecular complexity index is 577. The molecule has 1 fully saturated rings. The number of piperidine rings is 1. The zero-order valence-corrected chi connectivity index (χ0v) is 13.6. The van der Waals surface area contributed by atoms with Crippen LogP contribution in [0.25, 0.3) is 0 Å². The van der Waals surface area contributed by atoms with Gasteiger partial charge in [-0.3, -0.25) is 9.59 Å². The van der Waals surface area contributed by atoms with Crippen LogP contribution in [0.3, 0.4) is 0 Å². The van der Waals surface area contributed by atoms with Crippen molar-refractivity contribution in [2.24, 2.45) is 5.92 Å². The van der Waals surface area contributed by atoms with Gasteiger partial charge in [0.2, 0.25) is 5.91 Å². The molecule has 2 atom stereocenters. The molecule has 2 N–H and O–H groups in total. The van der Waals surface area contributed by atoms with Crippen LogP contribution >= 0.6 is 11.6 Å². The second-order valence-electron chi connectivity index (χ2n) is 5.81. The van der Waals surface area contributed by atoms with E-state index in [0.29, 0.717) is 22.8 Å². The summed E-state index contributed by atoms with van der Waals surface area (Å²) in [6, 6.07) is 4.98. The molecule has 2 rings (SSSR count). The van der Waals surface area contributed by atoms with E-state index in [4.69, 9.17) is 11.6 Å². The number of likely N-dealkylation sites (tertiary alicyclic amines) is 1. The number of nitrogens with zero attached hydrogens (tertiary/aromatic N) is 1. The fraction of sp³-hybridized carbons (Fsp3) is 0.500. The minimum absolute atomic E-state index is 0.0795. The van der Waals surface area contributed by atoms with Gasteiger partial charge in [-0.2, -0.15) is 0 Å². The molecule has 1 saturated heterocycles. The molecule has 1 aromatic carbocycles. The molecule has 0 radical (unpaired) electrons. The highest BCUT2D eigenvalue weighted by Crippen LogP contribution is 2.27. The van der Waals surface area contributed by atoms with Crippen LogP contribution in [0.15, 0.2) is 18.2 Å². The van der Waals surface area contributed by atoms with Gasteiger partial charge in [-0.05, 0) is 43.9 Å². The van der Waals surface area contributed by atoms with Crippen molar-refractivity contribution in [2.75, 3.05) is 18.5 Å². The molecule has 120 valence electrons. The number of halogens is 1. The number of aliphatic hydroxyl groups is 1. The number of benzene rings is 1. The van der Waals surface area contributed by atoms with Crippen molar-refractivity contribution in [3.05, 3.63) is 28.8 Å². The first kappa shape index (κ1) is 16.8. The fourth-order valence-corrected chi connectivity index (χ4v) is 2.94. The molecule has 0 aliphatic carbocycles. The van der Waals surface area contributed by atoms with Gasteiger partial charge in [0.25, 0.3) is 5.91 Å². The Kier molecular flexibility index (Phi) is 5.42. The first-order valence-electron chi connectivity index (χ1n) is 7.41. The first-order chi connectivity index (χ1) is 10.4. The van der Waals surface area contributed by atoms with Crippen LogP contribution in [0, 0.1) is 5.92 Å².